The molecule has 3 N–H and O–H groups in total. The molecule has 0 amide bonds. The number of nitrogens with one attached hydrogen (secondary N) is 2. The highest BCUT2D eigenvalue weighted by molar-refractivity contribution is 5.34. The number of rotatable bonds is 10. The lowest BCUT2D eigenvalue weighted by Gasteiger charge is -2.41. The Balaban J connectivity index is 1.54. The molecule has 1 aliphatic rings. The van der Waals surface area contributed by atoms with Crippen molar-refractivity contribution in [1.82, 2.24) is 10.6 Å². The highest BCUT2D eigenvalue weighted by atomic mass is 19.1. The molecule has 3 aromatic rings. The van der Waals surface area contributed by atoms with Crippen LogP contribution in [0.15, 0.2) is 72.8 Å². The number of benzene rings is 3. The molecule has 2 unspecified atom stereocenters. The second-order valence-electron chi connectivity index (χ2n) is 11.9. The fraction of sp³-hybridized carbons (Fsp3) is 0.455. The molecule has 3 nitrogen and oxygen atoms in total. The minimum atomic E-state index is -0.755. The van der Waals surface area contributed by atoms with Crippen molar-refractivity contribution in [2.45, 2.75) is 88.9 Å². The molecule has 5 heteroatoms. The summed E-state index contributed by atoms with van der Waals surface area (Å²) in [5.41, 5.74) is 4.05. The highest BCUT2D eigenvalue weighted by Crippen LogP contribution is 2.38. The van der Waals surface area contributed by atoms with Gasteiger partial charge in [-0.2, -0.15) is 0 Å². The zero-order valence-electron chi connectivity index (χ0n) is 22.9. The van der Waals surface area contributed by atoms with Crippen LogP contribution in [0.1, 0.15) is 75.1 Å². The molecule has 1 saturated carbocycles. The molecule has 1 fully saturated rings. The Morgan fingerprint density at radius 3 is 2.18 bits per heavy atom. The van der Waals surface area contributed by atoms with Gasteiger partial charge in [0.05, 0.1) is 6.10 Å². The van der Waals surface area contributed by atoms with Crippen molar-refractivity contribution in [2.24, 2.45) is 0 Å². The second kappa shape index (κ2) is 12.5. The standard InChI is InChI=1S/C33H42F2N2O/c1-32(2,3)26-13-10-14-27(20-26)33(15-8-5-9-16-33)37-23-31(38)30(36-22-24-11-6-4-7-12-24)19-25-17-28(34)21-29(35)18-25/h4,6-7,10-14,17-18,20-21,30-31,36-38H,5,8-9,15-16,19,22-23H2,1-3H3. The molecule has 4 rings (SSSR count). The van der Waals surface area contributed by atoms with Gasteiger partial charge in [-0.05, 0) is 59.1 Å². The van der Waals surface area contributed by atoms with Gasteiger partial charge in [0.25, 0.3) is 0 Å². The number of hydrogen-bond acceptors (Lipinski definition) is 3. The zero-order valence-corrected chi connectivity index (χ0v) is 22.9. The molecular formula is C33H42F2N2O. The molecule has 0 aromatic heterocycles. The molecule has 0 radical (unpaired) electrons. The van der Waals surface area contributed by atoms with E-state index in [0.29, 0.717) is 25.1 Å². The predicted molar refractivity (Wildman–Crippen MR) is 151 cm³/mol. The Labute approximate surface area is 226 Å². The summed E-state index contributed by atoms with van der Waals surface area (Å²) in [6, 6.07) is 22.0. The van der Waals surface area contributed by atoms with E-state index >= 15 is 0 Å². The van der Waals surface area contributed by atoms with Crippen LogP contribution in [0.4, 0.5) is 8.78 Å². The zero-order chi connectivity index (χ0) is 27.2. The summed E-state index contributed by atoms with van der Waals surface area (Å²) < 4.78 is 27.9. The Morgan fingerprint density at radius 2 is 1.53 bits per heavy atom. The van der Waals surface area contributed by atoms with Crippen LogP contribution in [0.25, 0.3) is 0 Å². The van der Waals surface area contributed by atoms with Gasteiger partial charge in [-0.15, -0.1) is 0 Å². The monoisotopic (exact) mass is 520 g/mol. The predicted octanol–water partition coefficient (Wildman–Crippen LogP) is 6.77. The Morgan fingerprint density at radius 1 is 0.842 bits per heavy atom. The van der Waals surface area contributed by atoms with Crippen LogP contribution >= 0.6 is 0 Å². The third kappa shape index (κ3) is 7.49. The van der Waals surface area contributed by atoms with Crippen LogP contribution in [0, 0.1) is 11.6 Å². The first-order valence-electron chi connectivity index (χ1n) is 13.9. The number of aliphatic hydroxyl groups is 1. The van der Waals surface area contributed by atoms with Gasteiger partial charge in [0.1, 0.15) is 11.6 Å². The van der Waals surface area contributed by atoms with E-state index in [2.05, 4.69) is 55.7 Å². The molecule has 2 atom stereocenters. The average Bonchev–Trinajstić information content (AvgIpc) is 2.90. The maximum atomic E-state index is 13.9. The Hall–Kier alpha value is -2.60. The maximum absolute atomic E-state index is 13.9. The summed E-state index contributed by atoms with van der Waals surface area (Å²) >= 11 is 0. The van der Waals surface area contributed by atoms with Gasteiger partial charge in [0.2, 0.25) is 0 Å². The third-order valence-corrected chi connectivity index (χ3v) is 7.89. The topological polar surface area (TPSA) is 44.3 Å². The van der Waals surface area contributed by atoms with E-state index in [1.54, 1.807) is 0 Å². The summed E-state index contributed by atoms with van der Waals surface area (Å²) in [6.45, 7) is 7.63. The van der Waals surface area contributed by atoms with Gasteiger partial charge < -0.3 is 15.7 Å². The van der Waals surface area contributed by atoms with E-state index in [4.69, 9.17) is 0 Å². The maximum Gasteiger partial charge on any atom is 0.126 e. The smallest absolute Gasteiger partial charge is 0.126 e. The second-order valence-corrected chi connectivity index (χ2v) is 11.9. The van der Waals surface area contributed by atoms with Gasteiger partial charge in [-0.3, -0.25) is 0 Å². The summed E-state index contributed by atoms with van der Waals surface area (Å²) in [4.78, 5) is 0. The van der Waals surface area contributed by atoms with Crippen molar-refractivity contribution < 1.29 is 13.9 Å². The van der Waals surface area contributed by atoms with Crippen molar-refractivity contribution in [3.63, 3.8) is 0 Å². The van der Waals surface area contributed by atoms with E-state index < -0.39 is 17.7 Å². The van der Waals surface area contributed by atoms with Crippen molar-refractivity contribution >= 4 is 0 Å². The van der Waals surface area contributed by atoms with Gasteiger partial charge >= 0.3 is 0 Å². The summed E-state index contributed by atoms with van der Waals surface area (Å²) in [5, 5.41) is 18.7. The molecule has 204 valence electrons. The molecule has 3 aromatic carbocycles. The first-order valence-corrected chi connectivity index (χ1v) is 13.9. The van der Waals surface area contributed by atoms with E-state index in [0.717, 1.165) is 37.3 Å². The van der Waals surface area contributed by atoms with Gasteiger partial charge in [0, 0.05) is 30.7 Å². The van der Waals surface area contributed by atoms with Crippen LogP contribution in [0.3, 0.4) is 0 Å². The first kappa shape index (κ1) is 28.4. The molecule has 38 heavy (non-hydrogen) atoms. The highest BCUT2D eigenvalue weighted by Gasteiger charge is 2.35. The van der Waals surface area contributed by atoms with Crippen molar-refractivity contribution in [2.75, 3.05) is 6.54 Å². The fourth-order valence-corrected chi connectivity index (χ4v) is 5.62. The minimum absolute atomic E-state index is 0.0536. The van der Waals surface area contributed by atoms with E-state index in [1.165, 1.54) is 29.7 Å². The lowest BCUT2D eigenvalue weighted by molar-refractivity contribution is 0.103. The quantitative estimate of drug-likeness (QED) is 0.276. The SMILES string of the molecule is CC(C)(C)c1cccc(C2(NCC(O)C(Cc3cc(F)cc(F)c3)NCc3ccccc3)CCCCC2)c1. The molecule has 0 saturated heterocycles. The molecule has 0 heterocycles. The lowest BCUT2D eigenvalue weighted by atomic mass is 9.74. The summed E-state index contributed by atoms with van der Waals surface area (Å²) in [7, 11) is 0. The number of hydrogen-bond donors (Lipinski definition) is 3. The summed E-state index contributed by atoms with van der Waals surface area (Å²) in [5.74, 6) is -1.20. The van der Waals surface area contributed by atoms with E-state index in [9.17, 15) is 13.9 Å². The Bertz CT molecular complexity index is 1150. The third-order valence-electron chi connectivity index (χ3n) is 7.89. The number of halogens is 2. The van der Waals surface area contributed by atoms with Crippen LogP contribution in [0.5, 0.6) is 0 Å². The largest absolute Gasteiger partial charge is 0.390 e. The lowest BCUT2D eigenvalue weighted by Crippen LogP contribution is -2.52. The van der Waals surface area contributed by atoms with Gasteiger partial charge in [-0.1, -0.05) is 94.6 Å². The number of aliphatic hydroxyl groups excluding tert-OH is 1. The minimum Gasteiger partial charge on any atom is -0.390 e. The van der Waals surface area contributed by atoms with Gasteiger partial charge in [0.15, 0.2) is 0 Å². The van der Waals surface area contributed by atoms with Crippen LogP contribution in [-0.2, 0) is 23.9 Å². The normalized spacial score (nSPS) is 17.2. The fourth-order valence-electron chi connectivity index (χ4n) is 5.62. The molecule has 0 bridgehead atoms. The van der Waals surface area contributed by atoms with Crippen LogP contribution in [-0.4, -0.2) is 23.8 Å². The van der Waals surface area contributed by atoms with Gasteiger partial charge in [-0.25, -0.2) is 8.78 Å². The van der Waals surface area contributed by atoms with Crippen molar-refractivity contribution in [3.8, 4) is 0 Å². The molecule has 1 aliphatic carbocycles. The van der Waals surface area contributed by atoms with Crippen LogP contribution < -0.4 is 10.6 Å². The van der Waals surface area contributed by atoms with Crippen molar-refractivity contribution in [3.05, 3.63) is 107 Å². The van der Waals surface area contributed by atoms with E-state index in [-0.39, 0.29) is 17.0 Å². The molecule has 0 spiro atoms. The Kier molecular flexibility index (Phi) is 9.35. The van der Waals surface area contributed by atoms with E-state index in [1.807, 2.05) is 30.3 Å². The van der Waals surface area contributed by atoms with Crippen molar-refractivity contribution in [1.29, 1.82) is 0 Å². The summed E-state index contributed by atoms with van der Waals surface area (Å²) in [6.07, 6.45) is 5.10. The average molecular weight is 521 g/mol. The van der Waals surface area contributed by atoms with Crippen LogP contribution in [0.2, 0.25) is 0 Å². The first-order chi connectivity index (χ1) is 18.1. The molecule has 0 aliphatic heterocycles. The molecular weight excluding hydrogens is 478 g/mol.